The average Bonchev–Trinajstić information content (AvgIpc) is 2.80. The van der Waals surface area contributed by atoms with Gasteiger partial charge in [0.05, 0.1) is 18.5 Å². The molecule has 0 atom stereocenters. The molecule has 0 spiro atoms. The number of pyridine rings is 2. The number of halogens is 1. The number of carbonyl (C=O) groups excluding carboxylic acids is 1. The summed E-state index contributed by atoms with van der Waals surface area (Å²) in [7, 11) is 0. The lowest BCUT2D eigenvalue weighted by Gasteiger charge is -2.38. The third-order valence-corrected chi connectivity index (χ3v) is 5.66. The lowest BCUT2D eigenvalue weighted by atomic mass is 9.91. The number of nitrogens with one attached hydrogen (secondary N) is 1. The molecule has 172 valence electrons. The zero-order valence-electron chi connectivity index (χ0n) is 18.1. The van der Waals surface area contributed by atoms with E-state index < -0.39 is 18.3 Å². The highest BCUT2D eigenvalue weighted by Crippen LogP contribution is 2.29. The molecule has 0 aliphatic carbocycles. The summed E-state index contributed by atoms with van der Waals surface area (Å²) in [6.45, 7) is 2.98. The van der Waals surface area contributed by atoms with Crippen molar-refractivity contribution in [1.29, 1.82) is 0 Å². The number of piperidine rings is 1. The quantitative estimate of drug-likeness (QED) is 0.452. The van der Waals surface area contributed by atoms with Crippen LogP contribution in [0, 0.1) is 5.82 Å². The Morgan fingerprint density at radius 1 is 1.24 bits per heavy atom. The summed E-state index contributed by atoms with van der Waals surface area (Å²) in [5.41, 5.74) is 12.4. The number of carbonyl (C=O) groups is 1. The normalized spacial score (nSPS) is 15.3. The van der Waals surface area contributed by atoms with Crippen molar-refractivity contribution in [2.45, 2.75) is 31.9 Å². The Labute approximate surface area is 189 Å². The molecular weight excluding hydrogens is 427 g/mol. The maximum Gasteiger partial charge on any atom is 0.279 e. The molecule has 10 nitrogen and oxygen atoms in total. The van der Waals surface area contributed by atoms with Crippen molar-refractivity contribution in [2.75, 3.05) is 29.0 Å². The van der Waals surface area contributed by atoms with Gasteiger partial charge in [-0.15, -0.1) is 0 Å². The van der Waals surface area contributed by atoms with Crippen LogP contribution >= 0.6 is 0 Å². The van der Waals surface area contributed by atoms with E-state index in [9.17, 15) is 14.3 Å². The predicted octanol–water partition coefficient (Wildman–Crippen LogP) is 1.72. The monoisotopic (exact) mass is 452 g/mol. The number of nitrogen functional groups attached to an aromatic ring is 1. The third kappa shape index (κ3) is 4.73. The predicted molar refractivity (Wildman–Crippen MR) is 122 cm³/mol. The number of rotatable bonds is 5. The minimum absolute atomic E-state index is 0.0154. The molecule has 4 rings (SSSR count). The molecule has 11 heteroatoms. The molecule has 1 fully saturated rings. The van der Waals surface area contributed by atoms with Gasteiger partial charge in [0.25, 0.3) is 5.91 Å². The highest BCUT2D eigenvalue weighted by atomic mass is 19.1. The Morgan fingerprint density at radius 2 is 2.00 bits per heavy atom. The second-order valence-corrected chi connectivity index (χ2v) is 8.25. The van der Waals surface area contributed by atoms with E-state index in [1.165, 1.54) is 18.5 Å². The number of anilines is 3. The minimum Gasteiger partial charge on any atom is -0.392 e. The lowest BCUT2D eigenvalue weighted by molar-refractivity contribution is 0.102. The standard InChI is InChI=1S/C22H25FN8O2/c1-22(25)5-9-31(10-6-22)15-3-2-7-27-20(15)30-21(33)18-19(24)28-11-14(29-18)17-16(23)13(12-32)4-8-26-17/h2-4,7-8,11,32H,5-6,9-10,12,25H2,1H3,(H2,24,28)(H,27,30,33). The van der Waals surface area contributed by atoms with Gasteiger partial charge < -0.3 is 26.8 Å². The first-order chi connectivity index (χ1) is 15.8. The van der Waals surface area contributed by atoms with Crippen LogP contribution in [0.1, 0.15) is 35.8 Å². The van der Waals surface area contributed by atoms with Crippen LogP contribution in [-0.4, -0.2) is 49.6 Å². The molecule has 0 bridgehead atoms. The number of hydrogen-bond donors (Lipinski definition) is 4. The van der Waals surface area contributed by atoms with Gasteiger partial charge in [0.1, 0.15) is 11.4 Å². The van der Waals surface area contributed by atoms with E-state index >= 15 is 0 Å². The van der Waals surface area contributed by atoms with Crippen LogP contribution in [0.3, 0.4) is 0 Å². The molecule has 1 saturated heterocycles. The Bertz CT molecular complexity index is 1180. The van der Waals surface area contributed by atoms with Gasteiger partial charge in [-0.1, -0.05) is 0 Å². The van der Waals surface area contributed by atoms with Crippen LogP contribution in [0.25, 0.3) is 11.4 Å². The lowest BCUT2D eigenvalue weighted by Crippen LogP contribution is -2.48. The van der Waals surface area contributed by atoms with Crippen molar-refractivity contribution in [1.82, 2.24) is 19.9 Å². The molecule has 0 unspecified atom stereocenters. The zero-order valence-corrected chi connectivity index (χ0v) is 18.1. The first-order valence-corrected chi connectivity index (χ1v) is 10.5. The van der Waals surface area contributed by atoms with Gasteiger partial charge in [-0.05, 0) is 38.0 Å². The molecule has 0 radical (unpaired) electrons. The molecule has 6 N–H and O–H groups in total. The summed E-state index contributed by atoms with van der Waals surface area (Å²) in [5.74, 6) is -1.15. The van der Waals surface area contributed by atoms with E-state index in [1.807, 2.05) is 13.0 Å². The van der Waals surface area contributed by atoms with Crippen LogP contribution in [0.15, 0.2) is 36.8 Å². The second kappa shape index (κ2) is 9.04. The summed E-state index contributed by atoms with van der Waals surface area (Å²) in [6, 6.07) is 5.01. The molecule has 3 aromatic heterocycles. The van der Waals surface area contributed by atoms with Crippen molar-refractivity contribution >= 4 is 23.2 Å². The van der Waals surface area contributed by atoms with E-state index in [2.05, 4.69) is 30.2 Å². The van der Waals surface area contributed by atoms with Gasteiger partial charge in [-0.25, -0.2) is 19.3 Å². The van der Waals surface area contributed by atoms with Gasteiger partial charge in [0.15, 0.2) is 23.1 Å². The second-order valence-electron chi connectivity index (χ2n) is 8.25. The van der Waals surface area contributed by atoms with E-state index in [4.69, 9.17) is 11.5 Å². The summed E-state index contributed by atoms with van der Waals surface area (Å²) in [5, 5.41) is 12.0. The highest BCUT2D eigenvalue weighted by Gasteiger charge is 2.28. The van der Waals surface area contributed by atoms with Crippen LogP contribution < -0.4 is 21.7 Å². The largest absolute Gasteiger partial charge is 0.392 e. The fraction of sp³-hybridized carbons (Fsp3) is 0.318. The SMILES string of the molecule is CC1(N)CCN(c2cccnc2NC(=O)c2nc(-c3nccc(CO)c3F)cnc2N)CC1. The molecular formula is C22H25FN8O2. The number of aromatic nitrogens is 4. The number of aliphatic hydroxyl groups excluding tert-OH is 1. The Balaban J connectivity index is 1.61. The summed E-state index contributed by atoms with van der Waals surface area (Å²) in [4.78, 5) is 31.6. The molecule has 33 heavy (non-hydrogen) atoms. The number of aliphatic hydroxyl groups is 1. The first-order valence-electron chi connectivity index (χ1n) is 10.5. The first kappa shape index (κ1) is 22.5. The number of hydrogen-bond acceptors (Lipinski definition) is 9. The fourth-order valence-electron chi connectivity index (χ4n) is 3.64. The molecule has 1 amide bonds. The van der Waals surface area contributed by atoms with Crippen LogP contribution in [0.2, 0.25) is 0 Å². The van der Waals surface area contributed by atoms with Crippen LogP contribution in [0.5, 0.6) is 0 Å². The summed E-state index contributed by atoms with van der Waals surface area (Å²) in [6.07, 6.45) is 5.75. The van der Waals surface area contributed by atoms with Crippen molar-refractivity contribution in [3.05, 3.63) is 53.9 Å². The van der Waals surface area contributed by atoms with Crippen molar-refractivity contribution < 1.29 is 14.3 Å². The smallest absolute Gasteiger partial charge is 0.279 e. The maximum absolute atomic E-state index is 14.6. The summed E-state index contributed by atoms with van der Waals surface area (Å²) >= 11 is 0. The third-order valence-electron chi connectivity index (χ3n) is 5.66. The van der Waals surface area contributed by atoms with E-state index in [-0.39, 0.29) is 34.0 Å². The van der Waals surface area contributed by atoms with E-state index in [0.717, 1.165) is 31.6 Å². The molecule has 0 saturated carbocycles. The molecule has 1 aliphatic heterocycles. The average molecular weight is 452 g/mol. The Morgan fingerprint density at radius 3 is 2.73 bits per heavy atom. The topological polar surface area (TPSA) is 156 Å². The van der Waals surface area contributed by atoms with Crippen molar-refractivity contribution in [3.63, 3.8) is 0 Å². The minimum atomic E-state index is -0.741. The zero-order chi connectivity index (χ0) is 23.6. The maximum atomic E-state index is 14.6. The van der Waals surface area contributed by atoms with Gasteiger partial charge in [-0.3, -0.25) is 9.78 Å². The summed E-state index contributed by atoms with van der Waals surface area (Å²) < 4.78 is 14.6. The number of nitrogens with zero attached hydrogens (tertiary/aromatic N) is 5. The Hall–Kier alpha value is -3.70. The number of nitrogens with two attached hydrogens (primary N) is 2. The molecule has 1 aliphatic rings. The van der Waals surface area contributed by atoms with Crippen LogP contribution in [0.4, 0.5) is 21.7 Å². The Kier molecular flexibility index (Phi) is 6.16. The molecule has 0 aromatic carbocycles. The van der Waals surface area contributed by atoms with Crippen molar-refractivity contribution in [2.24, 2.45) is 5.73 Å². The van der Waals surface area contributed by atoms with Gasteiger partial charge >= 0.3 is 0 Å². The van der Waals surface area contributed by atoms with Crippen molar-refractivity contribution in [3.8, 4) is 11.4 Å². The highest BCUT2D eigenvalue weighted by molar-refractivity contribution is 6.06. The van der Waals surface area contributed by atoms with Gasteiger partial charge in [-0.2, -0.15) is 0 Å². The number of amides is 1. The molecule has 3 aromatic rings. The van der Waals surface area contributed by atoms with E-state index in [1.54, 1.807) is 12.3 Å². The van der Waals surface area contributed by atoms with E-state index in [0.29, 0.717) is 5.82 Å². The van der Waals surface area contributed by atoms with Gasteiger partial charge in [0, 0.05) is 36.6 Å². The molecule has 4 heterocycles. The van der Waals surface area contributed by atoms with Crippen LogP contribution in [-0.2, 0) is 6.61 Å². The van der Waals surface area contributed by atoms with Gasteiger partial charge in [0.2, 0.25) is 0 Å². The fourth-order valence-corrected chi connectivity index (χ4v) is 3.64.